The van der Waals surface area contributed by atoms with Crippen molar-refractivity contribution in [3.63, 3.8) is 0 Å². The Morgan fingerprint density at radius 2 is 2.20 bits per heavy atom. The van der Waals surface area contributed by atoms with Crippen molar-refractivity contribution in [3.05, 3.63) is 29.3 Å². The number of hydrogen-bond acceptors (Lipinski definition) is 4. The fourth-order valence-corrected chi connectivity index (χ4v) is 4.15. The smallest absolute Gasteiger partial charge is 0.243 e. The molecule has 1 aliphatic rings. The number of rotatable bonds is 5. The van der Waals surface area contributed by atoms with Gasteiger partial charge in [0.1, 0.15) is 0 Å². The van der Waals surface area contributed by atoms with Gasteiger partial charge in [0.15, 0.2) is 0 Å². The number of sulfonamides is 1. The molecule has 5 nitrogen and oxygen atoms in total. The van der Waals surface area contributed by atoms with E-state index in [9.17, 15) is 8.42 Å². The first kappa shape index (κ1) is 15.4. The van der Waals surface area contributed by atoms with Crippen LogP contribution in [0.5, 0.6) is 0 Å². The molecule has 0 aromatic heterocycles. The molecule has 1 atom stereocenters. The van der Waals surface area contributed by atoms with E-state index in [-0.39, 0.29) is 5.92 Å². The zero-order chi connectivity index (χ0) is 14.8. The summed E-state index contributed by atoms with van der Waals surface area (Å²) in [7, 11) is -1.77. The van der Waals surface area contributed by atoms with Crippen LogP contribution in [0.3, 0.4) is 0 Å². The molecule has 1 fully saturated rings. The molecule has 0 aliphatic carbocycles. The fraction of sp³-hybridized carbons (Fsp3) is 0.571. The molecule has 1 aromatic rings. The van der Waals surface area contributed by atoms with Crippen LogP contribution in [0.15, 0.2) is 23.1 Å². The largest absolute Gasteiger partial charge is 0.384 e. The number of nitrogens with two attached hydrogens (primary N) is 1. The van der Waals surface area contributed by atoms with Gasteiger partial charge in [0.25, 0.3) is 0 Å². The van der Waals surface area contributed by atoms with Gasteiger partial charge in [-0.2, -0.15) is 4.31 Å². The Bertz CT molecular complexity index is 572. The first-order valence-corrected chi connectivity index (χ1v) is 8.21. The average Bonchev–Trinajstić information content (AvgIpc) is 2.89. The summed E-state index contributed by atoms with van der Waals surface area (Å²) in [4.78, 5) is 0.335. The Hall–Kier alpha value is -0.950. The Morgan fingerprint density at radius 3 is 2.85 bits per heavy atom. The van der Waals surface area contributed by atoms with Gasteiger partial charge in [-0.15, -0.1) is 0 Å². The van der Waals surface area contributed by atoms with Gasteiger partial charge >= 0.3 is 0 Å². The second-order valence-corrected chi connectivity index (χ2v) is 7.20. The van der Waals surface area contributed by atoms with Crippen LogP contribution in [0.2, 0.25) is 0 Å². The standard InChI is InChI=1S/C14H22N2O3S/c1-11-3-4-14(7-13(11)8-15)20(17,18)16-6-5-12(9-16)10-19-2/h3-4,7,12H,5-6,8-10,15H2,1-2H3. The van der Waals surface area contributed by atoms with E-state index < -0.39 is 10.0 Å². The van der Waals surface area contributed by atoms with Gasteiger partial charge in [-0.1, -0.05) is 6.07 Å². The van der Waals surface area contributed by atoms with E-state index in [1.807, 2.05) is 13.0 Å². The first-order chi connectivity index (χ1) is 9.48. The lowest BCUT2D eigenvalue weighted by molar-refractivity contribution is 0.157. The van der Waals surface area contributed by atoms with Gasteiger partial charge in [0.2, 0.25) is 10.0 Å². The molecule has 2 N–H and O–H groups in total. The first-order valence-electron chi connectivity index (χ1n) is 6.77. The van der Waals surface area contributed by atoms with Crippen LogP contribution < -0.4 is 5.73 Å². The number of nitrogens with zero attached hydrogens (tertiary/aromatic N) is 1. The zero-order valence-electron chi connectivity index (χ0n) is 12.0. The molecule has 1 saturated heterocycles. The second kappa shape index (κ2) is 6.22. The van der Waals surface area contributed by atoms with E-state index in [4.69, 9.17) is 10.5 Å². The summed E-state index contributed by atoms with van der Waals surface area (Å²) in [6.45, 7) is 3.97. The molecule has 0 radical (unpaired) electrons. The Balaban J connectivity index is 2.23. The van der Waals surface area contributed by atoms with Gasteiger partial charge in [-0.3, -0.25) is 0 Å². The van der Waals surface area contributed by atoms with E-state index >= 15 is 0 Å². The maximum Gasteiger partial charge on any atom is 0.243 e. The van der Waals surface area contributed by atoms with Crippen molar-refractivity contribution in [1.29, 1.82) is 0 Å². The van der Waals surface area contributed by atoms with Crippen molar-refractivity contribution in [2.45, 2.75) is 24.8 Å². The third-order valence-electron chi connectivity index (χ3n) is 3.83. The van der Waals surface area contributed by atoms with Crippen LogP contribution in [-0.4, -0.2) is 39.5 Å². The number of hydrogen-bond donors (Lipinski definition) is 1. The molecule has 20 heavy (non-hydrogen) atoms. The second-order valence-electron chi connectivity index (χ2n) is 5.27. The number of methoxy groups -OCH3 is 1. The maximum absolute atomic E-state index is 12.6. The van der Waals surface area contributed by atoms with Gasteiger partial charge in [0, 0.05) is 26.7 Å². The summed E-state index contributed by atoms with van der Waals surface area (Å²) >= 11 is 0. The summed E-state index contributed by atoms with van der Waals surface area (Å²) in [6.07, 6.45) is 0.850. The number of benzene rings is 1. The van der Waals surface area contributed by atoms with E-state index in [0.29, 0.717) is 31.1 Å². The topological polar surface area (TPSA) is 72.6 Å². The molecule has 1 aromatic carbocycles. The Kier molecular flexibility index (Phi) is 4.80. The zero-order valence-corrected chi connectivity index (χ0v) is 12.8. The molecular weight excluding hydrogens is 276 g/mol. The molecule has 0 spiro atoms. The summed E-state index contributed by atoms with van der Waals surface area (Å²) in [5.74, 6) is 0.286. The van der Waals surface area contributed by atoms with Crippen LogP contribution >= 0.6 is 0 Å². The Morgan fingerprint density at radius 1 is 1.45 bits per heavy atom. The third kappa shape index (κ3) is 3.03. The van der Waals surface area contributed by atoms with E-state index in [2.05, 4.69) is 0 Å². The highest BCUT2D eigenvalue weighted by Crippen LogP contribution is 2.25. The summed E-state index contributed by atoms with van der Waals surface area (Å²) in [6, 6.07) is 5.17. The molecule has 2 rings (SSSR count). The predicted octanol–water partition coefficient (Wildman–Crippen LogP) is 1.11. The summed E-state index contributed by atoms with van der Waals surface area (Å²) < 4.78 is 31.9. The highest BCUT2D eigenvalue weighted by Gasteiger charge is 2.32. The highest BCUT2D eigenvalue weighted by atomic mass is 32.2. The SMILES string of the molecule is COCC1CCN(S(=O)(=O)c2ccc(C)c(CN)c2)C1. The summed E-state index contributed by atoms with van der Waals surface area (Å²) in [5, 5.41) is 0. The van der Waals surface area contributed by atoms with Crippen LogP contribution in [0.4, 0.5) is 0 Å². The molecular formula is C14H22N2O3S. The molecule has 6 heteroatoms. The molecule has 0 amide bonds. The van der Waals surface area contributed by atoms with Crippen LogP contribution in [0.25, 0.3) is 0 Å². The lowest BCUT2D eigenvalue weighted by Crippen LogP contribution is -2.29. The minimum Gasteiger partial charge on any atom is -0.384 e. The van der Waals surface area contributed by atoms with Crippen LogP contribution in [0.1, 0.15) is 17.5 Å². The fourth-order valence-electron chi connectivity index (χ4n) is 2.56. The average molecular weight is 298 g/mol. The van der Waals surface area contributed by atoms with Gasteiger partial charge < -0.3 is 10.5 Å². The van der Waals surface area contributed by atoms with Crippen molar-refractivity contribution in [2.75, 3.05) is 26.8 Å². The van der Waals surface area contributed by atoms with Crippen molar-refractivity contribution < 1.29 is 13.2 Å². The predicted molar refractivity (Wildman–Crippen MR) is 77.8 cm³/mol. The van der Waals surface area contributed by atoms with Crippen LogP contribution in [0, 0.1) is 12.8 Å². The molecule has 0 bridgehead atoms. The van der Waals surface area contributed by atoms with Crippen LogP contribution in [-0.2, 0) is 21.3 Å². The van der Waals surface area contributed by atoms with E-state index in [1.54, 1.807) is 23.5 Å². The molecule has 1 heterocycles. The van der Waals surface area contributed by atoms with Gasteiger partial charge in [-0.05, 0) is 42.5 Å². The van der Waals surface area contributed by atoms with Crippen molar-refractivity contribution in [3.8, 4) is 0 Å². The lowest BCUT2D eigenvalue weighted by Gasteiger charge is -2.17. The molecule has 0 saturated carbocycles. The Labute approximate surface area is 120 Å². The minimum absolute atomic E-state index is 0.286. The molecule has 112 valence electrons. The molecule has 1 unspecified atom stereocenters. The minimum atomic E-state index is -3.42. The summed E-state index contributed by atoms with van der Waals surface area (Å²) in [5.41, 5.74) is 7.55. The van der Waals surface area contributed by atoms with Gasteiger partial charge in [0.05, 0.1) is 11.5 Å². The van der Waals surface area contributed by atoms with Gasteiger partial charge in [-0.25, -0.2) is 8.42 Å². The van der Waals surface area contributed by atoms with E-state index in [0.717, 1.165) is 17.5 Å². The number of ether oxygens (including phenoxy) is 1. The highest BCUT2D eigenvalue weighted by molar-refractivity contribution is 7.89. The maximum atomic E-state index is 12.6. The quantitative estimate of drug-likeness (QED) is 0.884. The van der Waals surface area contributed by atoms with Crippen molar-refractivity contribution in [2.24, 2.45) is 11.7 Å². The van der Waals surface area contributed by atoms with E-state index in [1.165, 1.54) is 0 Å². The van der Waals surface area contributed by atoms with Crippen molar-refractivity contribution in [1.82, 2.24) is 4.31 Å². The normalized spacial score (nSPS) is 20.4. The molecule has 1 aliphatic heterocycles. The third-order valence-corrected chi connectivity index (χ3v) is 5.69. The lowest BCUT2D eigenvalue weighted by atomic mass is 10.1. The van der Waals surface area contributed by atoms with Crippen molar-refractivity contribution >= 4 is 10.0 Å². The monoisotopic (exact) mass is 298 g/mol. The number of aryl methyl sites for hydroxylation is 1.